The molecule has 5 heteroatoms. The molecular weight excluding hydrogens is 316 g/mol. The molecule has 1 N–H and O–H groups in total. The van der Waals surface area contributed by atoms with E-state index in [1.54, 1.807) is 4.90 Å². The molecule has 0 aliphatic rings. The van der Waals surface area contributed by atoms with E-state index in [9.17, 15) is 9.59 Å². The van der Waals surface area contributed by atoms with Crippen molar-refractivity contribution in [1.82, 2.24) is 9.88 Å². The van der Waals surface area contributed by atoms with Gasteiger partial charge in [0.25, 0.3) is 5.91 Å². The largest absolute Gasteiger partial charge is 0.455 e. The van der Waals surface area contributed by atoms with E-state index < -0.39 is 0 Å². The monoisotopic (exact) mass is 344 g/mol. The topological polar surface area (TPSA) is 62.4 Å². The van der Waals surface area contributed by atoms with E-state index in [1.807, 2.05) is 30.5 Å². The van der Waals surface area contributed by atoms with Gasteiger partial charge in [-0.1, -0.05) is 45.9 Å². The molecule has 1 heterocycles. The van der Waals surface area contributed by atoms with Gasteiger partial charge in [0.05, 0.1) is 6.42 Å². The molecule has 136 valence electrons. The highest BCUT2D eigenvalue weighted by molar-refractivity contribution is 5.88. The number of aromatic nitrogens is 1. The number of para-hydroxylation sites is 1. The maximum absolute atomic E-state index is 12.4. The fourth-order valence-electron chi connectivity index (χ4n) is 2.88. The molecule has 25 heavy (non-hydrogen) atoms. The van der Waals surface area contributed by atoms with Crippen LogP contribution in [0.1, 0.15) is 33.3 Å². The minimum atomic E-state index is -0.382. The SMILES string of the molecule is CC(C)CN(CC(C)C)C(=O)COC(=O)Cc1c[nH]c2ccccc12. The first-order valence-corrected chi connectivity index (χ1v) is 8.85. The Morgan fingerprint density at radius 3 is 2.36 bits per heavy atom. The fourth-order valence-corrected chi connectivity index (χ4v) is 2.88. The molecule has 1 amide bonds. The standard InChI is InChI=1S/C20H28N2O3/c1-14(2)11-22(12-15(3)4)19(23)13-25-20(24)9-16-10-21-18-8-6-5-7-17(16)18/h5-8,10,14-15,21H,9,11-13H2,1-4H3. The molecule has 0 aliphatic heterocycles. The van der Waals surface area contributed by atoms with Crippen molar-refractivity contribution in [2.45, 2.75) is 34.1 Å². The van der Waals surface area contributed by atoms with Gasteiger partial charge in [-0.05, 0) is 23.5 Å². The Bertz CT molecular complexity index is 709. The van der Waals surface area contributed by atoms with E-state index in [-0.39, 0.29) is 24.9 Å². The summed E-state index contributed by atoms with van der Waals surface area (Å²) >= 11 is 0. The van der Waals surface area contributed by atoms with Gasteiger partial charge in [0.2, 0.25) is 0 Å². The third kappa shape index (κ3) is 5.62. The fraction of sp³-hybridized carbons (Fsp3) is 0.500. The number of benzene rings is 1. The highest BCUT2D eigenvalue weighted by Crippen LogP contribution is 2.18. The summed E-state index contributed by atoms with van der Waals surface area (Å²) in [6.45, 7) is 9.45. The number of amides is 1. The van der Waals surface area contributed by atoms with Gasteiger partial charge in [0.15, 0.2) is 6.61 Å². The van der Waals surface area contributed by atoms with Crippen molar-refractivity contribution in [3.63, 3.8) is 0 Å². The lowest BCUT2D eigenvalue weighted by atomic mass is 10.1. The zero-order valence-corrected chi connectivity index (χ0v) is 15.5. The Labute approximate surface area is 149 Å². The average Bonchev–Trinajstić information content (AvgIpc) is 2.94. The number of H-pyrrole nitrogens is 1. The number of fused-ring (bicyclic) bond motifs is 1. The van der Waals surface area contributed by atoms with E-state index in [1.165, 1.54) is 0 Å². The second kappa shape index (κ2) is 8.70. The molecule has 5 nitrogen and oxygen atoms in total. The van der Waals surface area contributed by atoms with Gasteiger partial charge < -0.3 is 14.6 Å². The number of nitrogens with one attached hydrogen (secondary N) is 1. The van der Waals surface area contributed by atoms with Gasteiger partial charge >= 0.3 is 5.97 Å². The van der Waals surface area contributed by atoms with E-state index >= 15 is 0 Å². The Kier molecular flexibility index (Phi) is 6.62. The normalized spacial score (nSPS) is 11.3. The second-order valence-electron chi connectivity index (χ2n) is 7.28. The van der Waals surface area contributed by atoms with Crippen LogP contribution in [0, 0.1) is 11.8 Å². The molecule has 0 bridgehead atoms. The van der Waals surface area contributed by atoms with Crippen molar-refractivity contribution in [1.29, 1.82) is 0 Å². The number of ether oxygens (including phenoxy) is 1. The number of rotatable bonds is 8. The predicted molar refractivity (Wildman–Crippen MR) is 99.2 cm³/mol. The Morgan fingerprint density at radius 1 is 1.08 bits per heavy atom. The van der Waals surface area contributed by atoms with Gasteiger partial charge in [-0.3, -0.25) is 9.59 Å². The van der Waals surface area contributed by atoms with Gasteiger partial charge in [0.1, 0.15) is 0 Å². The number of nitrogens with zero attached hydrogens (tertiary/aromatic N) is 1. The quantitative estimate of drug-likeness (QED) is 0.747. The molecule has 0 atom stereocenters. The Hall–Kier alpha value is -2.30. The second-order valence-corrected chi connectivity index (χ2v) is 7.28. The summed E-state index contributed by atoms with van der Waals surface area (Å²) in [5.41, 5.74) is 1.87. The van der Waals surface area contributed by atoms with Crippen LogP contribution >= 0.6 is 0 Å². The first kappa shape index (κ1) is 19.0. The van der Waals surface area contributed by atoms with Crippen LogP contribution in [0.3, 0.4) is 0 Å². The summed E-state index contributed by atoms with van der Waals surface area (Å²) in [5, 5.41) is 1.01. The number of carbonyl (C=O) groups excluding carboxylic acids is 2. The molecule has 0 radical (unpaired) electrons. The zero-order valence-electron chi connectivity index (χ0n) is 15.5. The third-order valence-corrected chi connectivity index (χ3v) is 3.89. The summed E-state index contributed by atoms with van der Waals surface area (Å²) in [5.74, 6) is 0.246. The third-order valence-electron chi connectivity index (χ3n) is 3.89. The lowest BCUT2D eigenvalue weighted by molar-refractivity contribution is -0.151. The first-order chi connectivity index (χ1) is 11.9. The first-order valence-electron chi connectivity index (χ1n) is 8.85. The van der Waals surface area contributed by atoms with Gasteiger partial charge in [-0.15, -0.1) is 0 Å². The van der Waals surface area contributed by atoms with E-state index in [0.717, 1.165) is 16.5 Å². The Balaban J connectivity index is 1.90. The molecular formula is C20H28N2O3. The lowest BCUT2D eigenvalue weighted by Gasteiger charge is -2.26. The summed E-state index contributed by atoms with van der Waals surface area (Å²) < 4.78 is 5.23. The van der Waals surface area contributed by atoms with Crippen LogP contribution in [0.25, 0.3) is 10.9 Å². The number of carbonyl (C=O) groups is 2. The molecule has 1 aromatic heterocycles. The van der Waals surface area contributed by atoms with Crippen molar-refractivity contribution in [3.8, 4) is 0 Å². The zero-order chi connectivity index (χ0) is 18.4. The van der Waals surface area contributed by atoms with Crippen LogP contribution in [0.5, 0.6) is 0 Å². The van der Waals surface area contributed by atoms with Crippen molar-refractivity contribution in [2.24, 2.45) is 11.8 Å². The van der Waals surface area contributed by atoms with Crippen LogP contribution < -0.4 is 0 Å². The van der Waals surface area contributed by atoms with Crippen LogP contribution in [0.4, 0.5) is 0 Å². The maximum atomic E-state index is 12.4. The molecule has 0 saturated heterocycles. The van der Waals surface area contributed by atoms with E-state index in [2.05, 4.69) is 32.7 Å². The molecule has 0 saturated carbocycles. The molecule has 0 unspecified atom stereocenters. The number of hydrogen-bond donors (Lipinski definition) is 1. The molecule has 0 spiro atoms. The number of hydrogen-bond acceptors (Lipinski definition) is 3. The van der Waals surface area contributed by atoms with Crippen LogP contribution in [-0.2, 0) is 20.7 Å². The van der Waals surface area contributed by atoms with Crippen molar-refractivity contribution in [2.75, 3.05) is 19.7 Å². The maximum Gasteiger partial charge on any atom is 0.310 e. The summed E-state index contributed by atoms with van der Waals surface area (Å²) in [4.78, 5) is 29.4. The van der Waals surface area contributed by atoms with Gasteiger partial charge in [-0.25, -0.2) is 0 Å². The summed E-state index contributed by atoms with van der Waals surface area (Å²) in [7, 11) is 0. The number of aromatic amines is 1. The van der Waals surface area contributed by atoms with E-state index in [0.29, 0.717) is 24.9 Å². The molecule has 2 rings (SSSR count). The summed E-state index contributed by atoms with van der Waals surface area (Å²) in [6, 6.07) is 7.80. The van der Waals surface area contributed by atoms with Crippen LogP contribution in [0.2, 0.25) is 0 Å². The summed E-state index contributed by atoms with van der Waals surface area (Å²) in [6.07, 6.45) is 1.98. The highest BCUT2D eigenvalue weighted by atomic mass is 16.5. The lowest BCUT2D eigenvalue weighted by Crippen LogP contribution is -2.39. The number of esters is 1. The van der Waals surface area contributed by atoms with Gasteiger partial charge in [0, 0.05) is 30.2 Å². The van der Waals surface area contributed by atoms with Crippen LogP contribution in [0.15, 0.2) is 30.5 Å². The minimum Gasteiger partial charge on any atom is -0.455 e. The van der Waals surface area contributed by atoms with E-state index in [4.69, 9.17) is 4.74 Å². The smallest absolute Gasteiger partial charge is 0.310 e. The minimum absolute atomic E-state index is 0.130. The van der Waals surface area contributed by atoms with Crippen LogP contribution in [-0.4, -0.2) is 41.5 Å². The predicted octanol–water partition coefficient (Wildman–Crippen LogP) is 3.39. The molecule has 2 aromatic rings. The molecule has 1 aromatic carbocycles. The van der Waals surface area contributed by atoms with Crippen molar-refractivity contribution in [3.05, 3.63) is 36.0 Å². The highest BCUT2D eigenvalue weighted by Gasteiger charge is 2.18. The van der Waals surface area contributed by atoms with Gasteiger partial charge in [-0.2, -0.15) is 0 Å². The average molecular weight is 344 g/mol. The van der Waals surface area contributed by atoms with Crippen molar-refractivity contribution >= 4 is 22.8 Å². The van der Waals surface area contributed by atoms with Crippen molar-refractivity contribution < 1.29 is 14.3 Å². The Morgan fingerprint density at radius 2 is 1.72 bits per heavy atom. The molecule has 0 fully saturated rings. The molecule has 0 aliphatic carbocycles.